The first-order chi connectivity index (χ1) is 6.91. The van der Waals surface area contributed by atoms with Crippen molar-refractivity contribution in [2.75, 3.05) is 0 Å². The first-order valence-corrected chi connectivity index (χ1v) is 5.63. The van der Waals surface area contributed by atoms with Crippen molar-refractivity contribution >= 4 is 6.29 Å². The largest absolute Gasteiger partial charge is 0.303 e. The molecule has 0 heterocycles. The van der Waals surface area contributed by atoms with E-state index in [0.717, 1.165) is 19.1 Å². The molecule has 0 rings (SSSR count). The highest BCUT2D eigenvalue weighted by molar-refractivity contribution is 5.48. The van der Waals surface area contributed by atoms with Crippen LogP contribution in [0.1, 0.15) is 51.4 Å². The normalized spacial score (nSPS) is 10.6. The first-order valence-electron chi connectivity index (χ1n) is 5.63. The smallest absolute Gasteiger partial charge is 0.119 e. The highest BCUT2D eigenvalue weighted by Crippen LogP contribution is 2.08. The van der Waals surface area contributed by atoms with E-state index in [1.54, 1.807) is 0 Å². The number of carbonyl (C=O) groups excluding carboxylic acids is 1. The molecular formula is C13H22O. The van der Waals surface area contributed by atoms with Crippen LogP contribution in [0.15, 0.2) is 24.8 Å². The van der Waals surface area contributed by atoms with E-state index >= 15 is 0 Å². The predicted octanol–water partition coefficient (Wildman–Crippen LogP) is 4.05. The Bertz CT molecular complexity index is 159. The van der Waals surface area contributed by atoms with Crippen LogP contribution in [0.3, 0.4) is 0 Å². The third-order valence-electron chi connectivity index (χ3n) is 2.21. The van der Waals surface area contributed by atoms with Crippen LogP contribution in [0.25, 0.3) is 0 Å². The zero-order valence-corrected chi connectivity index (χ0v) is 9.08. The molecule has 0 radical (unpaired) electrons. The second-order valence-electron chi connectivity index (χ2n) is 3.53. The Morgan fingerprint density at radius 2 is 1.43 bits per heavy atom. The molecular weight excluding hydrogens is 172 g/mol. The Balaban J connectivity index is 2.95. The first kappa shape index (κ1) is 13.2. The Morgan fingerprint density at radius 1 is 0.857 bits per heavy atom. The van der Waals surface area contributed by atoms with Crippen molar-refractivity contribution in [3.8, 4) is 0 Å². The van der Waals surface area contributed by atoms with Crippen molar-refractivity contribution in [1.29, 1.82) is 0 Å². The van der Waals surface area contributed by atoms with E-state index in [1.807, 2.05) is 12.2 Å². The van der Waals surface area contributed by atoms with Crippen LogP contribution in [0.2, 0.25) is 0 Å². The summed E-state index contributed by atoms with van der Waals surface area (Å²) in [6.07, 6.45) is 16.4. The van der Waals surface area contributed by atoms with Gasteiger partial charge in [0.1, 0.15) is 6.29 Å². The molecule has 0 atom stereocenters. The number of aldehydes is 1. The van der Waals surface area contributed by atoms with Gasteiger partial charge in [-0.1, -0.05) is 50.5 Å². The highest BCUT2D eigenvalue weighted by Gasteiger charge is 1.89. The highest BCUT2D eigenvalue weighted by atomic mass is 16.1. The number of rotatable bonds is 10. The minimum absolute atomic E-state index is 0.738. The second kappa shape index (κ2) is 12.2. The second-order valence-corrected chi connectivity index (χ2v) is 3.53. The summed E-state index contributed by atoms with van der Waals surface area (Å²) in [6, 6.07) is 0. The maximum absolute atomic E-state index is 10.0. The lowest BCUT2D eigenvalue weighted by molar-refractivity contribution is -0.107. The van der Waals surface area contributed by atoms with E-state index in [2.05, 4.69) is 12.7 Å². The van der Waals surface area contributed by atoms with Gasteiger partial charge in [0.25, 0.3) is 0 Å². The Labute approximate surface area is 87.9 Å². The summed E-state index contributed by atoms with van der Waals surface area (Å²) in [7, 11) is 0. The average Bonchev–Trinajstić information content (AvgIpc) is 2.21. The van der Waals surface area contributed by atoms with Crippen LogP contribution in [-0.4, -0.2) is 6.29 Å². The molecule has 0 aliphatic carbocycles. The molecule has 1 nitrogen and oxygen atoms in total. The van der Waals surface area contributed by atoms with Gasteiger partial charge in [-0.15, -0.1) is 0 Å². The van der Waals surface area contributed by atoms with Gasteiger partial charge in [-0.05, 0) is 19.3 Å². The Hall–Kier alpha value is -0.850. The summed E-state index contributed by atoms with van der Waals surface area (Å²) in [4.78, 5) is 10.0. The maximum Gasteiger partial charge on any atom is 0.119 e. The molecule has 0 bridgehead atoms. The summed E-state index contributed by atoms with van der Waals surface area (Å²) >= 11 is 0. The van der Waals surface area contributed by atoms with Gasteiger partial charge in [0, 0.05) is 6.42 Å². The van der Waals surface area contributed by atoms with Crippen molar-refractivity contribution in [2.45, 2.75) is 51.4 Å². The van der Waals surface area contributed by atoms with Gasteiger partial charge in [0.15, 0.2) is 0 Å². The van der Waals surface area contributed by atoms with Crippen molar-refractivity contribution in [3.63, 3.8) is 0 Å². The fourth-order valence-electron chi connectivity index (χ4n) is 1.39. The zero-order valence-electron chi connectivity index (χ0n) is 9.08. The SMILES string of the molecule is C=CC=CCCCCCCCCC=O. The van der Waals surface area contributed by atoms with E-state index in [1.165, 1.54) is 38.5 Å². The van der Waals surface area contributed by atoms with Gasteiger partial charge in [-0.2, -0.15) is 0 Å². The molecule has 0 aliphatic heterocycles. The molecule has 0 unspecified atom stereocenters. The minimum atomic E-state index is 0.738. The van der Waals surface area contributed by atoms with Crippen LogP contribution in [-0.2, 0) is 4.79 Å². The molecule has 0 fully saturated rings. The molecule has 0 aromatic rings. The molecule has 0 saturated carbocycles. The summed E-state index contributed by atoms with van der Waals surface area (Å²) in [5.74, 6) is 0. The van der Waals surface area contributed by atoms with Gasteiger partial charge in [-0.25, -0.2) is 0 Å². The Morgan fingerprint density at radius 3 is 2.00 bits per heavy atom. The van der Waals surface area contributed by atoms with Gasteiger partial charge in [-0.3, -0.25) is 0 Å². The predicted molar refractivity (Wildman–Crippen MR) is 62.3 cm³/mol. The number of hydrogen-bond donors (Lipinski definition) is 0. The van der Waals surface area contributed by atoms with Crippen molar-refractivity contribution < 1.29 is 4.79 Å². The number of hydrogen-bond acceptors (Lipinski definition) is 1. The third-order valence-corrected chi connectivity index (χ3v) is 2.21. The zero-order chi connectivity index (χ0) is 10.5. The lowest BCUT2D eigenvalue weighted by Crippen LogP contribution is -1.80. The Kier molecular flexibility index (Phi) is 11.4. The average molecular weight is 194 g/mol. The van der Waals surface area contributed by atoms with Gasteiger partial charge < -0.3 is 4.79 Å². The van der Waals surface area contributed by atoms with Crippen LogP contribution in [0.4, 0.5) is 0 Å². The summed E-state index contributed by atoms with van der Waals surface area (Å²) in [6.45, 7) is 3.62. The summed E-state index contributed by atoms with van der Waals surface area (Å²) in [5, 5.41) is 0. The quantitative estimate of drug-likeness (QED) is 0.291. The van der Waals surface area contributed by atoms with Crippen LogP contribution < -0.4 is 0 Å². The minimum Gasteiger partial charge on any atom is -0.303 e. The van der Waals surface area contributed by atoms with Gasteiger partial charge >= 0.3 is 0 Å². The lowest BCUT2D eigenvalue weighted by Gasteiger charge is -1.98. The van der Waals surface area contributed by atoms with Crippen LogP contribution in [0, 0.1) is 0 Å². The number of allylic oxidation sites excluding steroid dienone is 3. The molecule has 0 N–H and O–H groups in total. The van der Waals surface area contributed by atoms with Crippen molar-refractivity contribution in [1.82, 2.24) is 0 Å². The fourth-order valence-corrected chi connectivity index (χ4v) is 1.39. The van der Waals surface area contributed by atoms with Crippen molar-refractivity contribution in [2.24, 2.45) is 0 Å². The summed E-state index contributed by atoms with van der Waals surface area (Å²) < 4.78 is 0. The van der Waals surface area contributed by atoms with Crippen LogP contribution in [0.5, 0.6) is 0 Å². The van der Waals surface area contributed by atoms with E-state index in [-0.39, 0.29) is 0 Å². The molecule has 0 saturated heterocycles. The van der Waals surface area contributed by atoms with Gasteiger partial charge in [0.2, 0.25) is 0 Å². The topological polar surface area (TPSA) is 17.1 Å². The molecule has 0 aliphatic rings. The molecule has 0 amide bonds. The molecule has 0 aromatic heterocycles. The van der Waals surface area contributed by atoms with E-state index in [4.69, 9.17) is 0 Å². The fraction of sp³-hybridized carbons (Fsp3) is 0.615. The maximum atomic E-state index is 10.0. The molecule has 0 aromatic carbocycles. The number of unbranched alkanes of at least 4 members (excludes halogenated alkanes) is 7. The van der Waals surface area contributed by atoms with E-state index in [0.29, 0.717) is 0 Å². The standard InChI is InChI=1S/C13H22O/c1-2-3-4-5-6-7-8-9-10-11-12-13-14/h2-4,13H,1,5-12H2. The van der Waals surface area contributed by atoms with E-state index < -0.39 is 0 Å². The molecule has 1 heteroatoms. The molecule has 80 valence electrons. The third kappa shape index (κ3) is 11.2. The van der Waals surface area contributed by atoms with Crippen LogP contribution >= 0.6 is 0 Å². The molecule has 14 heavy (non-hydrogen) atoms. The lowest BCUT2D eigenvalue weighted by atomic mass is 10.1. The van der Waals surface area contributed by atoms with Gasteiger partial charge in [0.05, 0.1) is 0 Å². The van der Waals surface area contributed by atoms with Crippen molar-refractivity contribution in [3.05, 3.63) is 24.8 Å². The number of carbonyl (C=O) groups is 1. The molecule has 0 spiro atoms. The summed E-state index contributed by atoms with van der Waals surface area (Å²) in [5.41, 5.74) is 0. The van der Waals surface area contributed by atoms with E-state index in [9.17, 15) is 4.79 Å². The monoisotopic (exact) mass is 194 g/mol.